The highest BCUT2D eigenvalue weighted by atomic mass is 16.2. The maximum Gasteiger partial charge on any atom is 0.323 e. The molecule has 0 aromatic heterocycles. The molecule has 0 aliphatic carbocycles. The molecule has 0 saturated heterocycles. The van der Waals surface area contributed by atoms with Crippen LogP contribution in [0.2, 0.25) is 0 Å². The molecule has 0 unspecified atom stereocenters. The summed E-state index contributed by atoms with van der Waals surface area (Å²) in [6.45, 7) is 2.48. The molecule has 0 spiro atoms. The Labute approximate surface area is 65.5 Å². The maximum atomic E-state index is 10.9. The third kappa shape index (κ3) is 2.99. The molecule has 0 aromatic rings. The van der Waals surface area contributed by atoms with Crippen LogP contribution >= 0.6 is 0 Å². The minimum absolute atomic E-state index is 0.562. The lowest BCUT2D eigenvalue weighted by atomic mass is 10.4. The van der Waals surface area contributed by atoms with E-state index >= 15 is 0 Å². The number of hydrazine groups is 1. The summed E-state index contributed by atoms with van der Waals surface area (Å²) < 4.78 is 0. The van der Waals surface area contributed by atoms with Gasteiger partial charge in [-0.25, -0.2) is 5.84 Å². The molecule has 0 heterocycles. The highest BCUT2D eigenvalue weighted by Gasteiger charge is 2.15. The number of carbonyl (C=O) groups excluding carboxylic acids is 2. The van der Waals surface area contributed by atoms with E-state index in [1.807, 2.05) is 6.92 Å². The molecule has 0 fully saturated rings. The highest BCUT2D eigenvalue weighted by Crippen LogP contribution is 1.86. The Morgan fingerprint density at radius 1 is 1.55 bits per heavy atom. The molecule has 0 radical (unpaired) electrons. The predicted molar refractivity (Wildman–Crippen MR) is 40.3 cm³/mol. The molecule has 0 saturated carbocycles. The van der Waals surface area contributed by atoms with Gasteiger partial charge in [-0.05, 0) is 6.42 Å². The van der Waals surface area contributed by atoms with Crippen molar-refractivity contribution in [2.45, 2.75) is 13.3 Å². The van der Waals surface area contributed by atoms with Gasteiger partial charge in [0.15, 0.2) is 0 Å². The van der Waals surface area contributed by atoms with E-state index in [0.29, 0.717) is 6.54 Å². The zero-order valence-corrected chi connectivity index (χ0v) is 6.76. The van der Waals surface area contributed by atoms with Gasteiger partial charge in [-0.2, -0.15) is 0 Å². The van der Waals surface area contributed by atoms with Crippen LogP contribution in [0, 0.1) is 0 Å². The minimum Gasteiger partial charge on any atom is -0.337 e. The van der Waals surface area contributed by atoms with Crippen molar-refractivity contribution in [2.75, 3.05) is 13.6 Å². The van der Waals surface area contributed by atoms with Crippen molar-refractivity contribution < 1.29 is 9.59 Å². The van der Waals surface area contributed by atoms with Crippen LogP contribution in [0.4, 0.5) is 0 Å². The van der Waals surface area contributed by atoms with Crippen molar-refractivity contribution in [1.29, 1.82) is 0 Å². The number of hydrogen-bond donors (Lipinski definition) is 2. The quantitative estimate of drug-likeness (QED) is 0.231. The standard InChI is InChI=1S/C6H13N3O2/c1-3-4-9(2)6(11)5(10)8-7/h3-4,7H2,1-2H3,(H,8,10). The van der Waals surface area contributed by atoms with Crippen molar-refractivity contribution in [3.05, 3.63) is 0 Å². The number of nitrogens with zero attached hydrogens (tertiary/aromatic N) is 1. The van der Waals surface area contributed by atoms with E-state index in [-0.39, 0.29) is 0 Å². The van der Waals surface area contributed by atoms with Gasteiger partial charge in [0.2, 0.25) is 0 Å². The number of nitrogens with one attached hydrogen (secondary N) is 1. The Morgan fingerprint density at radius 2 is 2.09 bits per heavy atom. The molecular formula is C6H13N3O2. The first-order valence-corrected chi connectivity index (χ1v) is 3.39. The number of likely N-dealkylation sites (N-methyl/N-ethyl adjacent to an activating group) is 1. The number of carbonyl (C=O) groups is 2. The zero-order chi connectivity index (χ0) is 8.85. The summed E-state index contributed by atoms with van der Waals surface area (Å²) in [5, 5.41) is 0. The van der Waals surface area contributed by atoms with Gasteiger partial charge in [-0.1, -0.05) is 6.92 Å². The van der Waals surface area contributed by atoms with Crippen molar-refractivity contribution in [2.24, 2.45) is 5.84 Å². The molecule has 0 aliphatic heterocycles. The van der Waals surface area contributed by atoms with E-state index in [9.17, 15) is 9.59 Å². The Kier molecular flexibility index (Phi) is 4.21. The SMILES string of the molecule is CCCN(C)C(=O)C(=O)NN. The number of hydrogen-bond acceptors (Lipinski definition) is 3. The fraction of sp³-hybridized carbons (Fsp3) is 0.667. The molecule has 0 aromatic carbocycles. The van der Waals surface area contributed by atoms with Gasteiger partial charge in [0.1, 0.15) is 0 Å². The third-order valence-corrected chi connectivity index (χ3v) is 1.23. The first-order chi connectivity index (χ1) is 5.13. The highest BCUT2D eigenvalue weighted by molar-refractivity contribution is 6.34. The van der Waals surface area contributed by atoms with Gasteiger partial charge in [0, 0.05) is 13.6 Å². The lowest BCUT2D eigenvalue weighted by molar-refractivity contribution is -0.145. The van der Waals surface area contributed by atoms with Gasteiger partial charge < -0.3 is 4.90 Å². The lowest BCUT2D eigenvalue weighted by Crippen LogP contribution is -2.44. The van der Waals surface area contributed by atoms with Crippen LogP contribution in [0.1, 0.15) is 13.3 Å². The molecule has 0 aliphatic rings. The number of rotatable bonds is 2. The smallest absolute Gasteiger partial charge is 0.323 e. The van der Waals surface area contributed by atoms with Crippen LogP contribution in [0.25, 0.3) is 0 Å². The minimum atomic E-state index is -0.777. The Bertz CT molecular complexity index is 158. The molecule has 5 nitrogen and oxygen atoms in total. The van der Waals surface area contributed by atoms with Crippen LogP contribution in [0.3, 0.4) is 0 Å². The molecule has 2 amide bonds. The molecular weight excluding hydrogens is 146 g/mol. The van der Waals surface area contributed by atoms with Gasteiger partial charge in [0.05, 0.1) is 0 Å². The molecule has 0 atom stereocenters. The van der Waals surface area contributed by atoms with Gasteiger partial charge in [0.25, 0.3) is 0 Å². The first-order valence-electron chi connectivity index (χ1n) is 3.39. The fourth-order valence-corrected chi connectivity index (χ4v) is 0.672. The van der Waals surface area contributed by atoms with E-state index in [1.54, 1.807) is 12.5 Å². The Morgan fingerprint density at radius 3 is 2.45 bits per heavy atom. The monoisotopic (exact) mass is 159 g/mol. The van der Waals surface area contributed by atoms with Gasteiger partial charge in [-0.3, -0.25) is 15.0 Å². The van der Waals surface area contributed by atoms with Gasteiger partial charge >= 0.3 is 11.8 Å². The van der Waals surface area contributed by atoms with Crippen LogP contribution in [-0.2, 0) is 9.59 Å². The second-order valence-corrected chi connectivity index (χ2v) is 2.20. The molecule has 11 heavy (non-hydrogen) atoms. The molecule has 0 bridgehead atoms. The lowest BCUT2D eigenvalue weighted by Gasteiger charge is -2.13. The first kappa shape index (κ1) is 9.90. The summed E-state index contributed by atoms with van der Waals surface area (Å²) in [7, 11) is 1.56. The van der Waals surface area contributed by atoms with E-state index in [0.717, 1.165) is 6.42 Å². The average molecular weight is 159 g/mol. The molecule has 5 heteroatoms. The predicted octanol–water partition coefficient (Wildman–Crippen LogP) is -1.16. The molecule has 0 rings (SSSR count). The van der Waals surface area contributed by atoms with Crippen molar-refractivity contribution >= 4 is 11.8 Å². The second-order valence-electron chi connectivity index (χ2n) is 2.20. The van der Waals surface area contributed by atoms with E-state index in [1.165, 1.54) is 4.90 Å². The van der Waals surface area contributed by atoms with E-state index in [4.69, 9.17) is 5.84 Å². The van der Waals surface area contributed by atoms with Crippen molar-refractivity contribution in [3.8, 4) is 0 Å². The zero-order valence-electron chi connectivity index (χ0n) is 6.76. The number of nitrogens with two attached hydrogens (primary N) is 1. The average Bonchev–Trinajstić information content (AvgIpc) is 2.02. The van der Waals surface area contributed by atoms with Crippen LogP contribution in [0.5, 0.6) is 0 Å². The summed E-state index contributed by atoms with van der Waals surface area (Å²) in [5.74, 6) is 3.38. The fourth-order valence-electron chi connectivity index (χ4n) is 0.672. The summed E-state index contributed by atoms with van der Waals surface area (Å²) in [4.78, 5) is 22.8. The molecule has 3 N–H and O–H groups in total. The molecule has 64 valence electrons. The maximum absolute atomic E-state index is 10.9. The van der Waals surface area contributed by atoms with E-state index < -0.39 is 11.8 Å². The summed E-state index contributed by atoms with van der Waals surface area (Å²) in [6.07, 6.45) is 0.820. The van der Waals surface area contributed by atoms with Crippen molar-refractivity contribution in [1.82, 2.24) is 10.3 Å². The second kappa shape index (κ2) is 4.68. The van der Waals surface area contributed by atoms with Crippen LogP contribution in [0.15, 0.2) is 0 Å². The number of amides is 2. The Balaban J connectivity index is 3.91. The largest absolute Gasteiger partial charge is 0.337 e. The van der Waals surface area contributed by atoms with Gasteiger partial charge in [-0.15, -0.1) is 0 Å². The topological polar surface area (TPSA) is 75.4 Å². The Hall–Kier alpha value is -1.10. The van der Waals surface area contributed by atoms with Crippen LogP contribution in [-0.4, -0.2) is 30.3 Å². The normalized spacial score (nSPS) is 9.00. The van der Waals surface area contributed by atoms with E-state index in [2.05, 4.69) is 0 Å². The third-order valence-electron chi connectivity index (χ3n) is 1.23. The summed E-state index contributed by atoms with van der Waals surface area (Å²) >= 11 is 0. The van der Waals surface area contributed by atoms with Crippen molar-refractivity contribution in [3.63, 3.8) is 0 Å². The summed E-state index contributed by atoms with van der Waals surface area (Å²) in [6, 6.07) is 0. The summed E-state index contributed by atoms with van der Waals surface area (Å²) in [5.41, 5.74) is 1.77. The van der Waals surface area contributed by atoms with Crippen LogP contribution < -0.4 is 11.3 Å².